The number of aromatic nitrogens is 1. The molecule has 0 fully saturated rings. The van der Waals surface area contributed by atoms with Crippen LogP contribution >= 0.6 is 15.9 Å². The molecule has 0 N–H and O–H groups in total. The predicted octanol–water partition coefficient (Wildman–Crippen LogP) is 4.33. The van der Waals surface area contributed by atoms with Gasteiger partial charge in [-0.1, -0.05) is 6.92 Å². The van der Waals surface area contributed by atoms with Gasteiger partial charge in [-0.2, -0.15) is 0 Å². The molecule has 0 aliphatic carbocycles. The molecule has 0 spiro atoms. The number of amides is 1. The van der Waals surface area contributed by atoms with Crippen LogP contribution in [0.1, 0.15) is 38.4 Å². The van der Waals surface area contributed by atoms with E-state index < -0.39 is 6.29 Å². The summed E-state index contributed by atoms with van der Waals surface area (Å²) in [6.07, 6.45) is 1.71. The van der Waals surface area contributed by atoms with E-state index in [1.54, 1.807) is 12.0 Å². The summed E-state index contributed by atoms with van der Waals surface area (Å²) in [6, 6.07) is 5.91. The summed E-state index contributed by atoms with van der Waals surface area (Å²) in [5, 5.41) is 0.951. The molecule has 2 aliphatic heterocycles. The second-order valence-electron chi connectivity index (χ2n) is 8.45. The molecule has 3 unspecified atom stereocenters. The van der Waals surface area contributed by atoms with Gasteiger partial charge in [0.05, 0.1) is 47.8 Å². The highest BCUT2D eigenvalue weighted by Crippen LogP contribution is 2.37. The van der Waals surface area contributed by atoms with Crippen LogP contribution in [-0.4, -0.2) is 48.4 Å². The standard InChI is InChI=1S/C25H29BrN2O6/c1-5-17-18(12-33-14(3)29)19(13-34-25(17)32-6-2)24(30)28-10-16-7-15-8-23(31-4)20(26)9-21(15)27-22(16)11-28/h7-9,13,17-18,25H,5-6,10-12H2,1-4H3. The Hall–Kier alpha value is -2.65. The average molecular weight is 533 g/mol. The first-order valence-electron chi connectivity index (χ1n) is 11.4. The average Bonchev–Trinajstić information content (AvgIpc) is 3.23. The third-order valence-electron chi connectivity index (χ3n) is 6.36. The number of methoxy groups -OCH3 is 1. The smallest absolute Gasteiger partial charge is 0.302 e. The van der Waals surface area contributed by atoms with E-state index in [4.69, 9.17) is 23.9 Å². The molecule has 4 rings (SSSR count). The first-order chi connectivity index (χ1) is 16.4. The third kappa shape index (κ3) is 4.77. The second-order valence-corrected chi connectivity index (χ2v) is 9.30. The Bertz CT molecular complexity index is 1130. The van der Waals surface area contributed by atoms with E-state index in [-0.39, 0.29) is 30.3 Å². The van der Waals surface area contributed by atoms with Crippen molar-refractivity contribution in [2.24, 2.45) is 11.8 Å². The monoisotopic (exact) mass is 532 g/mol. The number of rotatable bonds is 7. The molecule has 0 radical (unpaired) electrons. The minimum absolute atomic E-state index is 0.106. The number of hydrogen-bond donors (Lipinski definition) is 0. The van der Waals surface area contributed by atoms with Gasteiger partial charge in [-0.3, -0.25) is 14.6 Å². The molecular weight excluding hydrogens is 504 g/mol. The molecule has 8 nitrogen and oxygen atoms in total. The minimum atomic E-state index is -0.483. The van der Waals surface area contributed by atoms with Gasteiger partial charge in [0, 0.05) is 37.3 Å². The fourth-order valence-electron chi connectivity index (χ4n) is 4.64. The summed E-state index contributed by atoms with van der Waals surface area (Å²) in [5.41, 5.74) is 3.19. The topological polar surface area (TPSA) is 87.2 Å². The lowest BCUT2D eigenvalue weighted by Gasteiger charge is -2.37. The van der Waals surface area contributed by atoms with Gasteiger partial charge in [0.25, 0.3) is 5.91 Å². The fourth-order valence-corrected chi connectivity index (χ4v) is 5.13. The molecule has 182 valence electrons. The minimum Gasteiger partial charge on any atom is -0.496 e. The zero-order valence-electron chi connectivity index (χ0n) is 19.8. The Morgan fingerprint density at radius 1 is 1.24 bits per heavy atom. The highest BCUT2D eigenvalue weighted by Gasteiger charge is 2.41. The zero-order valence-corrected chi connectivity index (χ0v) is 21.4. The molecule has 34 heavy (non-hydrogen) atoms. The van der Waals surface area contributed by atoms with Crippen molar-refractivity contribution in [2.45, 2.75) is 46.6 Å². The normalized spacial score (nSPS) is 21.6. The SMILES string of the molecule is CCOC1OC=C(C(=O)N2Cc3cc4cc(OC)c(Br)cc4nc3C2)C(COC(C)=O)C1CC. The van der Waals surface area contributed by atoms with Crippen molar-refractivity contribution in [1.82, 2.24) is 9.88 Å². The molecule has 0 bridgehead atoms. The quantitative estimate of drug-likeness (QED) is 0.490. The number of fused-ring (bicyclic) bond motifs is 2. The summed E-state index contributed by atoms with van der Waals surface area (Å²) < 4.78 is 23.1. The molecule has 3 heterocycles. The Kier molecular flexibility index (Phi) is 7.42. The van der Waals surface area contributed by atoms with E-state index >= 15 is 0 Å². The number of ether oxygens (including phenoxy) is 4. The van der Waals surface area contributed by atoms with E-state index in [1.165, 1.54) is 13.2 Å². The van der Waals surface area contributed by atoms with Gasteiger partial charge in [-0.05, 0) is 53.0 Å². The maximum atomic E-state index is 13.6. The van der Waals surface area contributed by atoms with Crippen LogP contribution in [0.5, 0.6) is 5.75 Å². The maximum absolute atomic E-state index is 13.6. The number of nitrogens with zero attached hydrogens (tertiary/aromatic N) is 2. The molecule has 2 aliphatic rings. The van der Waals surface area contributed by atoms with Crippen LogP contribution in [0.4, 0.5) is 0 Å². The second kappa shape index (κ2) is 10.3. The summed E-state index contributed by atoms with van der Waals surface area (Å²) in [5.74, 6) is -0.229. The molecule has 1 amide bonds. The molecule has 0 saturated carbocycles. The van der Waals surface area contributed by atoms with E-state index in [2.05, 4.69) is 22.0 Å². The lowest BCUT2D eigenvalue weighted by atomic mass is 9.82. The van der Waals surface area contributed by atoms with Crippen LogP contribution in [0.15, 0.2) is 34.5 Å². The lowest BCUT2D eigenvalue weighted by Crippen LogP contribution is -2.42. The number of halogens is 1. The van der Waals surface area contributed by atoms with Crippen LogP contribution in [0.2, 0.25) is 0 Å². The highest BCUT2D eigenvalue weighted by molar-refractivity contribution is 9.10. The van der Waals surface area contributed by atoms with Crippen LogP contribution in [-0.2, 0) is 36.9 Å². The predicted molar refractivity (Wildman–Crippen MR) is 129 cm³/mol. The molecule has 3 atom stereocenters. The van der Waals surface area contributed by atoms with Crippen molar-refractivity contribution in [3.63, 3.8) is 0 Å². The van der Waals surface area contributed by atoms with Crippen LogP contribution in [0.25, 0.3) is 10.9 Å². The summed E-state index contributed by atoms with van der Waals surface area (Å²) in [4.78, 5) is 31.7. The van der Waals surface area contributed by atoms with Crippen molar-refractivity contribution < 1.29 is 28.5 Å². The molecular formula is C25H29BrN2O6. The van der Waals surface area contributed by atoms with Gasteiger partial charge in [0.1, 0.15) is 5.75 Å². The number of carbonyl (C=O) groups is 2. The van der Waals surface area contributed by atoms with Crippen molar-refractivity contribution in [1.29, 1.82) is 0 Å². The molecule has 2 aromatic rings. The lowest BCUT2D eigenvalue weighted by molar-refractivity contribution is -0.169. The Labute approximate surface area is 207 Å². The molecule has 0 saturated heterocycles. The first-order valence-corrected chi connectivity index (χ1v) is 12.2. The Morgan fingerprint density at radius 3 is 2.71 bits per heavy atom. The fraction of sp³-hybridized carbons (Fsp3) is 0.480. The van der Waals surface area contributed by atoms with Crippen LogP contribution in [0, 0.1) is 11.8 Å². The van der Waals surface area contributed by atoms with Gasteiger partial charge >= 0.3 is 5.97 Å². The van der Waals surface area contributed by atoms with Crippen molar-refractivity contribution >= 4 is 38.7 Å². The third-order valence-corrected chi connectivity index (χ3v) is 6.98. The van der Waals surface area contributed by atoms with Crippen LogP contribution < -0.4 is 4.74 Å². The van der Waals surface area contributed by atoms with Crippen molar-refractivity contribution in [3.8, 4) is 5.75 Å². The summed E-state index contributed by atoms with van der Waals surface area (Å²) in [7, 11) is 1.62. The molecule has 1 aromatic carbocycles. The number of benzene rings is 1. The highest BCUT2D eigenvalue weighted by atomic mass is 79.9. The largest absolute Gasteiger partial charge is 0.496 e. The van der Waals surface area contributed by atoms with E-state index in [1.807, 2.05) is 26.0 Å². The van der Waals surface area contributed by atoms with E-state index in [0.29, 0.717) is 31.7 Å². The molecule has 1 aromatic heterocycles. The summed E-state index contributed by atoms with van der Waals surface area (Å²) >= 11 is 3.51. The van der Waals surface area contributed by atoms with Gasteiger partial charge in [0.2, 0.25) is 6.29 Å². The number of carbonyl (C=O) groups excluding carboxylic acids is 2. The van der Waals surface area contributed by atoms with Gasteiger partial charge in [-0.25, -0.2) is 0 Å². The number of hydrogen-bond acceptors (Lipinski definition) is 7. The Balaban J connectivity index is 1.60. The Morgan fingerprint density at radius 2 is 2.03 bits per heavy atom. The zero-order chi connectivity index (χ0) is 24.4. The summed E-state index contributed by atoms with van der Waals surface area (Å²) in [6.45, 7) is 6.72. The number of esters is 1. The van der Waals surface area contributed by atoms with Gasteiger partial charge in [-0.15, -0.1) is 0 Å². The van der Waals surface area contributed by atoms with Gasteiger partial charge < -0.3 is 23.8 Å². The van der Waals surface area contributed by atoms with E-state index in [9.17, 15) is 9.59 Å². The van der Waals surface area contributed by atoms with Crippen molar-refractivity contribution in [3.05, 3.63) is 45.8 Å². The first kappa shape index (κ1) is 24.5. The van der Waals surface area contributed by atoms with Crippen molar-refractivity contribution in [2.75, 3.05) is 20.3 Å². The molecule has 9 heteroatoms. The van der Waals surface area contributed by atoms with Gasteiger partial charge in [0.15, 0.2) is 0 Å². The van der Waals surface area contributed by atoms with E-state index in [0.717, 1.165) is 32.4 Å². The maximum Gasteiger partial charge on any atom is 0.302 e. The number of pyridine rings is 1. The van der Waals surface area contributed by atoms with Crippen LogP contribution in [0.3, 0.4) is 0 Å².